The largest absolute Gasteiger partial charge is 0.330 e. The van der Waals surface area contributed by atoms with E-state index in [4.69, 9.17) is 22.2 Å². The first kappa shape index (κ1) is 21.2. The van der Waals surface area contributed by atoms with E-state index in [9.17, 15) is 4.79 Å². The van der Waals surface area contributed by atoms with E-state index in [-0.39, 0.29) is 29.6 Å². The van der Waals surface area contributed by atoms with Crippen molar-refractivity contribution in [3.05, 3.63) is 64.9 Å². The molecule has 1 aliphatic carbocycles. The third-order valence-corrected chi connectivity index (χ3v) is 4.81. The molecule has 142 valence electrons. The Labute approximate surface area is 170 Å². The Bertz CT molecular complexity index is 836. The fourth-order valence-corrected chi connectivity index (χ4v) is 3.33. The second-order valence-electron chi connectivity index (χ2n) is 6.38. The SMILES string of the molecule is Cl.NC[C@]1(c2cccc(Cl)c2)CC#C[C@@H](CONC(=O)c2cccnc2)C1. The van der Waals surface area contributed by atoms with E-state index in [1.54, 1.807) is 18.3 Å². The smallest absolute Gasteiger partial charge is 0.276 e. The second-order valence-corrected chi connectivity index (χ2v) is 6.81. The van der Waals surface area contributed by atoms with E-state index in [0.717, 1.165) is 12.0 Å². The van der Waals surface area contributed by atoms with Crippen molar-refractivity contribution in [1.82, 2.24) is 10.5 Å². The molecule has 0 fully saturated rings. The molecule has 5 nitrogen and oxygen atoms in total. The van der Waals surface area contributed by atoms with Gasteiger partial charge in [0.2, 0.25) is 0 Å². The molecule has 3 rings (SSSR count). The summed E-state index contributed by atoms with van der Waals surface area (Å²) in [5.41, 5.74) is 9.83. The molecule has 1 aromatic heterocycles. The van der Waals surface area contributed by atoms with Gasteiger partial charge in [-0.2, -0.15) is 0 Å². The number of nitrogens with one attached hydrogen (secondary N) is 1. The number of aromatic nitrogens is 1. The molecule has 1 aliphatic rings. The fourth-order valence-electron chi connectivity index (χ4n) is 3.14. The van der Waals surface area contributed by atoms with Crippen LogP contribution in [0.3, 0.4) is 0 Å². The summed E-state index contributed by atoms with van der Waals surface area (Å²) in [6.45, 7) is 0.766. The van der Waals surface area contributed by atoms with Gasteiger partial charge in [-0.25, -0.2) is 5.48 Å². The molecule has 3 N–H and O–H groups in total. The molecule has 0 saturated carbocycles. The van der Waals surface area contributed by atoms with E-state index in [1.165, 1.54) is 6.20 Å². The van der Waals surface area contributed by atoms with Crippen LogP contribution >= 0.6 is 24.0 Å². The monoisotopic (exact) mass is 405 g/mol. The van der Waals surface area contributed by atoms with Crippen LogP contribution in [0, 0.1) is 17.8 Å². The highest BCUT2D eigenvalue weighted by Gasteiger charge is 2.35. The van der Waals surface area contributed by atoms with Gasteiger partial charge < -0.3 is 5.73 Å². The summed E-state index contributed by atoms with van der Waals surface area (Å²) < 4.78 is 0. The lowest BCUT2D eigenvalue weighted by molar-refractivity contribution is 0.0191. The predicted octanol–water partition coefficient (Wildman–Crippen LogP) is 3.13. The van der Waals surface area contributed by atoms with Gasteiger partial charge in [0, 0.05) is 41.7 Å². The number of hydroxylamine groups is 1. The summed E-state index contributed by atoms with van der Waals surface area (Å²) in [6, 6.07) is 11.1. The number of carbonyl (C=O) groups is 1. The molecule has 0 radical (unpaired) electrons. The molecule has 0 bridgehead atoms. The number of hydrogen-bond acceptors (Lipinski definition) is 4. The Morgan fingerprint density at radius 2 is 2.26 bits per heavy atom. The van der Waals surface area contributed by atoms with E-state index in [2.05, 4.69) is 22.3 Å². The molecular formula is C20H21Cl2N3O2. The molecule has 7 heteroatoms. The minimum Gasteiger partial charge on any atom is -0.330 e. The van der Waals surface area contributed by atoms with Crippen LogP contribution in [0.2, 0.25) is 5.02 Å². The lowest BCUT2D eigenvalue weighted by atomic mass is 9.69. The summed E-state index contributed by atoms with van der Waals surface area (Å²) in [5.74, 6) is 6.01. The zero-order valence-electron chi connectivity index (χ0n) is 14.7. The van der Waals surface area contributed by atoms with Gasteiger partial charge in [0.25, 0.3) is 5.91 Å². The molecular weight excluding hydrogens is 385 g/mol. The zero-order valence-corrected chi connectivity index (χ0v) is 16.2. The standard InChI is InChI=1S/C20H20ClN3O2.ClH/c21-18-7-1-6-17(10-18)20(14-22)8-2-4-15(11-20)13-26-24-19(25)16-5-3-9-23-12-16;/h1,3,5-7,9-10,12,15H,8,11,13-14,22H2,(H,24,25);1H/t15-,20+;/m1./s1. The van der Waals surface area contributed by atoms with Gasteiger partial charge in [-0.1, -0.05) is 29.7 Å². The maximum atomic E-state index is 12.0. The third kappa shape index (κ3) is 5.21. The average molecular weight is 406 g/mol. The van der Waals surface area contributed by atoms with Gasteiger partial charge >= 0.3 is 0 Å². The summed E-state index contributed by atoms with van der Waals surface area (Å²) >= 11 is 6.14. The van der Waals surface area contributed by atoms with Gasteiger partial charge in [0.1, 0.15) is 0 Å². The second kappa shape index (κ2) is 9.72. The number of nitrogens with zero attached hydrogens (tertiary/aromatic N) is 1. The molecule has 1 heterocycles. The molecule has 0 aliphatic heterocycles. The molecule has 0 unspecified atom stereocenters. The molecule has 2 atom stereocenters. The van der Waals surface area contributed by atoms with Gasteiger partial charge in [0.05, 0.1) is 12.2 Å². The van der Waals surface area contributed by atoms with Crippen LogP contribution in [0.4, 0.5) is 0 Å². The van der Waals surface area contributed by atoms with Gasteiger partial charge in [0.15, 0.2) is 0 Å². The number of benzene rings is 1. The lowest BCUT2D eigenvalue weighted by Gasteiger charge is -2.35. The Morgan fingerprint density at radius 3 is 2.96 bits per heavy atom. The van der Waals surface area contributed by atoms with Crippen LogP contribution < -0.4 is 11.2 Å². The fraction of sp³-hybridized carbons (Fsp3) is 0.300. The van der Waals surface area contributed by atoms with Gasteiger partial charge in [-0.3, -0.25) is 14.6 Å². The number of halogens is 2. The number of hydrogen-bond donors (Lipinski definition) is 2. The lowest BCUT2D eigenvalue weighted by Crippen LogP contribution is -2.40. The quantitative estimate of drug-likeness (QED) is 0.571. The maximum Gasteiger partial charge on any atom is 0.276 e. The molecule has 2 aromatic rings. The van der Waals surface area contributed by atoms with Crippen LogP contribution in [-0.2, 0) is 10.3 Å². The predicted molar refractivity (Wildman–Crippen MR) is 108 cm³/mol. The third-order valence-electron chi connectivity index (χ3n) is 4.57. The first-order valence-corrected chi connectivity index (χ1v) is 8.77. The van der Waals surface area contributed by atoms with Crippen LogP contribution in [-0.4, -0.2) is 24.0 Å². The van der Waals surface area contributed by atoms with Gasteiger partial charge in [-0.15, -0.1) is 18.3 Å². The van der Waals surface area contributed by atoms with Crippen LogP contribution in [0.25, 0.3) is 0 Å². The van der Waals surface area contributed by atoms with Crippen LogP contribution in [0.5, 0.6) is 0 Å². The summed E-state index contributed by atoms with van der Waals surface area (Å²) in [7, 11) is 0. The highest BCUT2D eigenvalue weighted by Crippen LogP contribution is 2.37. The topological polar surface area (TPSA) is 77.2 Å². The van der Waals surface area contributed by atoms with E-state index < -0.39 is 0 Å². The number of pyridine rings is 1. The Hall–Kier alpha value is -2.10. The van der Waals surface area contributed by atoms with E-state index in [1.807, 2.05) is 24.3 Å². The average Bonchev–Trinajstić information content (AvgIpc) is 2.68. The Kier molecular flexibility index (Phi) is 7.64. The van der Waals surface area contributed by atoms with E-state index >= 15 is 0 Å². The number of carbonyl (C=O) groups excluding carboxylic acids is 1. The van der Waals surface area contributed by atoms with Crippen molar-refractivity contribution in [3.63, 3.8) is 0 Å². The van der Waals surface area contributed by atoms with Crippen LogP contribution in [0.15, 0.2) is 48.8 Å². The minimum atomic E-state index is -0.332. The molecule has 1 aromatic carbocycles. The van der Waals surface area contributed by atoms with Crippen molar-refractivity contribution >= 4 is 29.9 Å². The van der Waals surface area contributed by atoms with Crippen molar-refractivity contribution in [2.75, 3.05) is 13.2 Å². The normalized spacial score (nSPS) is 20.7. The maximum absolute atomic E-state index is 12.0. The van der Waals surface area contributed by atoms with Crippen molar-refractivity contribution < 1.29 is 9.63 Å². The molecule has 27 heavy (non-hydrogen) atoms. The zero-order chi connectivity index (χ0) is 18.4. The van der Waals surface area contributed by atoms with Crippen molar-refractivity contribution in [1.29, 1.82) is 0 Å². The summed E-state index contributed by atoms with van der Waals surface area (Å²) in [6.07, 6.45) is 4.52. The van der Waals surface area contributed by atoms with E-state index in [0.29, 0.717) is 30.2 Å². The molecule has 0 saturated heterocycles. The molecule has 1 amide bonds. The number of nitrogens with two attached hydrogens (primary N) is 1. The Balaban J connectivity index is 0.00000261. The summed E-state index contributed by atoms with van der Waals surface area (Å²) in [5, 5.41) is 0.686. The first-order chi connectivity index (χ1) is 12.6. The highest BCUT2D eigenvalue weighted by atomic mass is 35.5. The van der Waals surface area contributed by atoms with Crippen molar-refractivity contribution in [2.24, 2.45) is 11.7 Å². The Morgan fingerprint density at radius 1 is 1.41 bits per heavy atom. The van der Waals surface area contributed by atoms with Crippen LogP contribution in [0.1, 0.15) is 28.8 Å². The minimum absolute atomic E-state index is 0. The van der Waals surface area contributed by atoms with Gasteiger partial charge in [-0.05, 0) is 36.2 Å². The number of rotatable bonds is 6. The summed E-state index contributed by atoms with van der Waals surface area (Å²) in [4.78, 5) is 21.3. The number of amides is 1. The first-order valence-electron chi connectivity index (χ1n) is 8.40. The molecule has 0 spiro atoms. The van der Waals surface area contributed by atoms with Crippen molar-refractivity contribution in [2.45, 2.75) is 18.3 Å². The highest BCUT2D eigenvalue weighted by molar-refractivity contribution is 6.30. The van der Waals surface area contributed by atoms with Crippen molar-refractivity contribution in [3.8, 4) is 11.8 Å².